The van der Waals surface area contributed by atoms with Gasteiger partial charge in [0.25, 0.3) is 0 Å². The van der Waals surface area contributed by atoms with Crippen molar-refractivity contribution >= 4 is 17.6 Å². The second-order valence-electron chi connectivity index (χ2n) is 5.67. The quantitative estimate of drug-likeness (QED) is 0.683. The molecular weight excluding hydrogens is 332 g/mol. The van der Waals surface area contributed by atoms with Crippen LogP contribution in [0.25, 0.3) is 0 Å². The Morgan fingerprint density at radius 3 is 3.04 bits per heavy atom. The number of aromatic nitrogens is 2. The predicted molar refractivity (Wildman–Crippen MR) is 89.3 cm³/mol. The smallest absolute Gasteiger partial charge is 0.350 e. The zero-order chi connectivity index (χ0) is 16.7. The third-order valence-electron chi connectivity index (χ3n) is 4.18. The molecule has 1 aromatic heterocycles. The van der Waals surface area contributed by atoms with E-state index < -0.39 is 11.6 Å². The van der Waals surface area contributed by atoms with E-state index in [9.17, 15) is 13.6 Å². The number of anilines is 1. The lowest BCUT2D eigenvalue weighted by atomic mass is 10.2. The Balaban J connectivity index is 1.72. The van der Waals surface area contributed by atoms with Gasteiger partial charge in [-0.15, -0.1) is 0 Å². The first kappa shape index (κ1) is 15.2. The number of halogens is 2. The highest BCUT2D eigenvalue weighted by atomic mass is 32.2. The highest BCUT2D eigenvalue weighted by Gasteiger charge is 2.32. The first-order chi connectivity index (χ1) is 11.6. The van der Waals surface area contributed by atoms with Crippen LogP contribution in [0, 0.1) is 23.5 Å². The van der Waals surface area contributed by atoms with Gasteiger partial charge in [0.2, 0.25) is 0 Å². The monoisotopic (exact) mass is 345 g/mol. The summed E-state index contributed by atoms with van der Waals surface area (Å²) in [5.41, 5.74) is -0.130. The van der Waals surface area contributed by atoms with Crippen molar-refractivity contribution in [2.45, 2.75) is 12.6 Å². The topological polar surface area (TPSA) is 38.1 Å². The van der Waals surface area contributed by atoms with Crippen LogP contribution in [0.4, 0.5) is 14.6 Å². The van der Waals surface area contributed by atoms with E-state index in [1.165, 1.54) is 12.1 Å². The van der Waals surface area contributed by atoms with E-state index in [0.717, 1.165) is 29.9 Å². The third-order valence-corrected chi connectivity index (χ3v) is 5.27. The Labute approximate surface area is 141 Å². The SMILES string of the molecule is O=c1nc(C#Cc2cccc(F)c2F)cc2n1CC1CSCCN21. The fourth-order valence-corrected chi connectivity index (χ4v) is 4.07. The summed E-state index contributed by atoms with van der Waals surface area (Å²) in [5.74, 6) is 6.12. The minimum atomic E-state index is -0.990. The van der Waals surface area contributed by atoms with Crippen molar-refractivity contribution in [2.75, 3.05) is 23.0 Å². The van der Waals surface area contributed by atoms with Crippen molar-refractivity contribution in [2.24, 2.45) is 0 Å². The standard InChI is InChI=1S/C17H13F2N3OS/c18-14-3-1-2-11(16(14)19)4-5-12-8-15-21-6-7-24-10-13(21)9-22(15)17(23)20-12/h1-3,8,13H,6-7,9-10H2. The van der Waals surface area contributed by atoms with Crippen molar-refractivity contribution in [3.63, 3.8) is 0 Å². The molecule has 2 aliphatic rings. The number of nitrogens with zero attached hydrogens (tertiary/aromatic N) is 3. The van der Waals surface area contributed by atoms with Crippen LogP contribution in [0.1, 0.15) is 11.3 Å². The average Bonchev–Trinajstić information content (AvgIpc) is 2.96. The molecule has 0 aliphatic carbocycles. The van der Waals surface area contributed by atoms with Crippen LogP contribution in [0.3, 0.4) is 0 Å². The van der Waals surface area contributed by atoms with Gasteiger partial charge in [0.05, 0.1) is 18.2 Å². The van der Waals surface area contributed by atoms with Gasteiger partial charge >= 0.3 is 5.69 Å². The molecule has 2 aliphatic heterocycles. The molecule has 0 saturated carbocycles. The number of rotatable bonds is 0. The minimum Gasteiger partial charge on any atom is -0.351 e. The van der Waals surface area contributed by atoms with Gasteiger partial charge in [0, 0.05) is 24.1 Å². The van der Waals surface area contributed by atoms with E-state index in [1.807, 2.05) is 11.8 Å². The number of hydrogen-bond donors (Lipinski definition) is 0. The first-order valence-corrected chi connectivity index (χ1v) is 8.71. The summed E-state index contributed by atoms with van der Waals surface area (Å²) < 4.78 is 28.5. The van der Waals surface area contributed by atoms with Gasteiger partial charge in [-0.2, -0.15) is 16.7 Å². The molecule has 1 saturated heterocycles. The van der Waals surface area contributed by atoms with E-state index >= 15 is 0 Å². The first-order valence-electron chi connectivity index (χ1n) is 7.56. The van der Waals surface area contributed by atoms with E-state index in [-0.39, 0.29) is 16.9 Å². The fraction of sp³-hybridized carbons (Fsp3) is 0.294. The number of benzene rings is 1. The van der Waals surface area contributed by atoms with Gasteiger partial charge in [-0.25, -0.2) is 13.6 Å². The Kier molecular flexibility index (Phi) is 3.77. The molecule has 7 heteroatoms. The number of thioether (sulfide) groups is 1. The summed E-state index contributed by atoms with van der Waals surface area (Å²) in [6.45, 7) is 1.52. The van der Waals surface area contributed by atoms with Crippen LogP contribution >= 0.6 is 11.8 Å². The summed E-state index contributed by atoms with van der Waals surface area (Å²) >= 11 is 1.88. The lowest BCUT2D eigenvalue weighted by Crippen LogP contribution is -2.39. The van der Waals surface area contributed by atoms with E-state index in [1.54, 1.807) is 10.6 Å². The maximum absolute atomic E-state index is 13.7. The van der Waals surface area contributed by atoms with Gasteiger partial charge in [0.1, 0.15) is 11.5 Å². The molecule has 1 atom stereocenters. The van der Waals surface area contributed by atoms with Crippen molar-refractivity contribution in [3.8, 4) is 11.8 Å². The van der Waals surface area contributed by atoms with E-state index in [0.29, 0.717) is 12.6 Å². The summed E-state index contributed by atoms with van der Waals surface area (Å²) in [5, 5.41) is 0. The van der Waals surface area contributed by atoms with Gasteiger partial charge < -0.3 is 4.90 Å². The molecule has 0 N–H and O–H groups in total. The molecule has 1 aromatic carbocycles. The normalized spacial score (nSPS) is 18.6. The fourth-order valence-electron chi connectivity index (χ4n) is 3.02. The van der Waals surface area contributed by atoms with E-state index in [2.05, 4.69) is 21.7 Å². The minimum absolute atomic E-state index is 0.0513. The van der Waals surface area contributed by atoms with Crippen molar-refractivity contribution in [1.82, 2.24) is 9.55 Å². The lowest BCUT2D eigenvalue weighted by molar-refractivity contribution is 0.506. The van der Waals surface area contributed by atoms with E-state index in [4.69, 9.17) is 0 Å². The summed E-state index contributed by atoms with van der Waals surface area (Å²) in [6.07, 6.45) is 0. The third kappa shape index (κ3) is 2.57. The van der Waals surface area contributed by atoms with Crippen molar-refractivity contribution in [1.29, 1.82) is 0 Å². The molecule has 3 heterocycles. The molecule has 1 unspecified atom stereocenters. The van der Waals surface area contributed by atoms with Gasteiger partial charge in [-0.1, -0.05) is 12.0 Å². The zero-order valence-electron chi connectivity index (χ0n) is 12.6. The Morgan fingerprint density at radius 2 is 2.17 bits per heavy atom. The Bertz CT molecular complexity index is 932. The molecule has 4 nitrogen and oxygen atoms in total. The lowest BCUT2D eigenvalue weighted by Gasteiger charge is -2.30. The molecule has 0 radical (unpaired) electrons. The molecular formula is C17H13F2N3OS. The molecule has 2 aromatic rings. The number of hydrogen-bond acceptors (Lipinski definition) is 4. The molecule has 1 fully saturated rings. The summed E-state index contributed by atoms with van der Waals surface area (Å²) in [7, 11) is 0. The van der Waals surface area contributed by atoms with Crippen molar-refractivity contribution < 1.29 is 8.78 Å². The number of fused-ring (bicyclic) bond motifs is 3. The van der Waals surface area contributed by atoms with Crippen molar-refractivity contribution in [3.05, 3.63) is 57.6 Å². The largest absolute Gasteiger partial charge is 0.351 e. The maximum Gasteiger partial charge on any atom is 0.350 e. The highest BCUT2D eigenvalue weighted by Crippen LogP contribution is 2.29. The van der Waals surface area contributed by atoms with Crippen LogP contribution in [0.5, 0.6) is 0 Å². The summed E-state index contributed by atoms with van der Waals surface area (Å²) in [4.78, 5) is 18.4. The van der Waals surface area contributed by atoms with Gasteiger partial charge in [-0.3, -0.25) is 4.57 Å². The second-order valence-corrected chi connectivity index (χ2v) is 6.82. The van der Waals surface area contributed by atoms with Crippen LogP contribution in [0.15, 0.2) is 29.1 Å². The average molecular weight is 345 g/mol. The van der Waals surface area contributed by atoms with Crippen LogP contribution in [-0.4, -0.2) is 33.6 Å². The molecule has 0 bridgehead atoms. The highest BCUT2D eigenvalue weighted by molar-refractivity contribution is 7.99. The molecule has 122 valence electrons. The molecule has 0 spiro atoms. The molecule has 24 heavy (non-hydrogen) atoms. The van der Waals surface area contributed by atoms with Crippen LogP contribution < -0.4 is 10.6 Å². The van der Waals surface area contributed by atoms with Gasteiger partial charge in [0.15, 0.2) is 11.6 Å². The predicted octanol–water partition coefficient (Wildman–Crippen LogP) is 1.86. The Morgan fingerprint density at radius 1 is 1.29 bits per heavy atom. The van der Waals surface area contributed by atoms with Crippen LogP contribution in [-0.2, 0) is 6.54 Å². The second kappa shape index (κ2) is 5.95. The summed E-state index contributed by atoms with van der Waals surface area (Å²) in [6, 6.07) is 5.88. The van der Waals surface area contributed by atoms with Gasteiger partial charge in [-0.05, 0) is 18.1 Å². The maximum atomic E-state index is 13.7. The molecule has 0 amide bonds. The van der Waals surface area contributed by atoms with Crippen LogP contribution in [0.2, 0.25) is 0 Å². The zero-order valence-corrected chi connectivity index (χ0v) is 13.4. The molecule has 4 rings (SSSR count). The Hall–Kier alpha value is -2.33.